The van der Waals surface area contributed by atoms with Crippen molar-refractivity contribution >= 4 is 49.7 Å². The molecule has 0 aliphatic rings. The first-order chi connectivity index (χ1) is 15.2. The molecular weight excluding hydrogens is 514 g/mol. The molecule has 0 unspecified atom stereocenters. The van der Waals surface area contributed by atoms with Crippen molar-refractivity contribution in [2.45, 2.75) is 18.4 Å². The Morgan fingerprint density at radius 2 is 1.66 bits per heavy atom. The number of sulfonamides is 1. The molecule has 0 spiro atoms. The molecule has 32 heavy (non-hydrogen) atoms. The van der Waals surface area contributed by atoms with Crippen molar-refractivity contribution in [1.82, 2.24) is 9.73 Å². The van der Waals surface area contributed by atoms with Crippen LogP contribution in [0.3, 0.4) is 0 Å². The molecule has 0 saturated carbocycles. The molecule has 3 aromatic carbocycles. The zero-order valence-electron chi connectivity index (χ0n) is 17.2. The number of nitrogens with one attached hydrogen (secondary N) is 1. The zero-order valence-corrected chi connectivity index (χ0v) is 20.4. The van der Waals surface area contributed by atoms with Crippen molar-refractivity contribution < 1.29 is 13.2 Å². The summed E-state index contributed by atoms with van der Waals surface area (Å²) < 4.78 is 28.6. The molecule has 0 bridgehead atoms. The van der Waals surface area contributed by atoms with Gasteiger partial charge in [-0.2, -0.15) is 9.41 Å². The van der Waals surface area contributed by atoms with Crippen LogP contribution in [0.2, 0.25) is 5.02 Å². The number of carbonyl (C=O) groups excluding carboxylic acids is 1. The van der Waals surface area contributed by atoms with Crippen molar-refractivity contribution in [3.8, 4) is 0 Å². The smallest absolute Gasteiger partial charge is 0.255 e. The number of aryl methyl sites for hydroxylation is 1. The molecule has 3 aromatic rings. The predicted molar refractivity (Wildman–Crippen MR) is 130 cm³/mol. The standard InChI is InChI=1S/C23H21BrClN3O3S/c1-17-2-12-22(13-3-17)32(30,31)28(15-19-6-10-21(25)11-7-19)16-23(29)27-26-14-18-4-8-20(24)9-5-18/h2-14H,15-16H2,1H3,(H,27,29)/b26-14+. The van der Waals surface area contributed by atoms with Gasteiger partial charge in [-0.1, -0.05) is 69.5 Å². The van der Waals surface area contributed by atoms with E-state index in [0.717, 1.165) is 19.9 Å². The lowest BCUT2D eigenvalue weighted by molar-refractivity contribution is -0.121. The Kier molecular flexibility index (Phi) is 8.20. The maximum absolute atomic E-state index is 13.3. The van der Waals surface area contributed by atoms with E-state index in [1.54, 1.807) is 36.4 Å². The van der Waals surface area contributed by atoms with Gasteiger partial charge in [0.1, 0.15) is 0 Å². The minimum atomic E-state index is -3.92. The summed E-state index contributed by atoms with van der Waals surface area (Å²) in [6, 6.07) is 20.7. The Morgan fingerprint density at radius 1 is 1.03 bits per heavy atom. The summed E-state index contributed by atoms with van der Waals surface area (Å²) in [7, 11) is -3.92. The normalized spacial score (nSPS) is 11.8. The van der Waals surface area contributed by atoms with Gasteiger partial charge in [0.15, 0.2) is 0 Å². The largest absolute Gasteiger partial charge is 0.272 e. The van der Waals surface area contributed by atoms with Gasteiger partial charge in [-0.3, -0.25) is 4.79 Å². The van der Waals surface area contributed by atoms with E-state index in [0.29, 0.717) is 10.6 Å². The molecule has 6 nitrogen and oxygen atoms in total. The molecule has 0 aromatic heterocycles. The second-order valence-electron chi connectivity index (χ2n) is 7.06. The average molecular weight is 535 g/mol. The van der Waals surface area contributed by atoms with Gasteiger partial charge in [0.25, 0.3) is 5.91 Å². The lowest BCUT2D eigenvalue weighted by atomic mass is 10.2. The van der Waals surface area contributed by atoms with Crippen LogP contribution in [0.4, 0.5) is 0 Å². The van der Waals surface area contributed by atoms with Gasteiger partial charge in [0.05, 0.1) is 17.7 Å². The summed E-state index contributed by atoms with van der Waals surface area (Å²) in [5.41, 5.74) is 4.83. The van der Waals surface area contributed by atoms with Crippen molar-refractivity contribution in [3.05, 3.63) is 99.0 Å². The van der Waals surface area contributed by atoms with Crippen molar-refractivity contribution in [3.63, 3.8) is 0 Å². The van der Waals surface area contributed by atoms with Gasteiger partial charge in [-0.05, 0) is 54.4 Å². The highest BCUT2D eigenvalue weighted by atomic mass is 79.9. The van der Waals surface area contributed by atoms with Crippen molar-refractivity contribution in [1.29, 1.82) is 0 Å². The molecule has 0 atom stereocenters. The van der Waals surface area contributed by atoms with Crippen LogP contribution < -0.4 is 5.43 Å². The summed E-state index contributed by atoms with van der Waals surface area (Å²) in [5.74, 6) is -0.553. The molecule has 0 heterocycles. The van der Waals surface area contributed by atoms with E-state index < -0.39 is 22.5 Å². The Morgan fingerprint density at radius 3 is 2.28 bits per heavy atom. The average Bonchev–Trinajstić information content (AvgIpc) is 2.76. The molecule has 0 radical (unpaired) electrons. The Hall–Kier alpha value is -2.52. The number of hydrogen-bond donors (Lipinski definition) is 1. The lowest BCUT2D eigenvalue weighted by Gasteiger charge is -2.21. The second kappa shape index (κ2) is 10.9. The number of rotatable bonds is 8. The van der Waals surface area contributed by atoms with Gasteiger partial charge in [0, 0.05) is 16.0 Å². The number of benzene rings is 3. The van der Waals surface area contributed by atoms with E-state index >= 15 is 0 Å². The van der Waals surface area contributed by atoms with Gasteiger partial charge in [0.2, 0.25) is 10.0 Å². The third kappa shape index (κ3) is 6.74. The lowest BCUT2D eigenvalue weighted by Crippen LogP contribution is -2.39. The third-order valence-electron chi connectivity index (χ3n) is 4.52. The van der Waals surface area contributed by atoms with Crippen LogP contribution in [-0.2, 0) is 21.4 Å². The Balaban J connectivity index is 1.78. The van der Waals surface area contributed by atoms with Crippen LogP contribution in [0, 0.1) is 6.92 Å². The number of amides is 1. The highest BCUT2D eigenvalue weighted by molar-refractivity contribution is 9.10. The maximum atomic E-state index is 13.3. The van der Waals surface area contributed by atoms with Crippen LogP contribution in [0.5, 0.6) is 0 Å². The van der Waals surface area contributed by atoms with E-state index in [9.17, 15) is 13.2 Å². The first-order valence-electron chi connectivity index (χ1n) is 9.63. The molecule has 0 aliphatic carbocycles. The number of hydrogen-bond acceptors (Lipinski definition) is 4. The van der Waals surface area contributed by atoms with E-state index in [2.05, 4.69) is 26.5 Å². The van der Waals surface area contributed by atoms with Crippen LogP contribution in [-0.4, -0.2) is 31.4 Å². The monoisotopic (exact) mass is 533 g/mol. The molecule has 1 amide bonds. The Bertz CT molecular complexity index is 1200. The fraction of sp³-hybridized carbons (Fsp3) is 0.130. The maximum Gasteiger partial charge on any atom is 0.255 e. The third-order valence-corrected chi connectivity index (χ3v) is 7.11. The number of hydrazone groups is 1. The van der Waals surface area contributed by atoms with Gasteiger partial charge < -0.3 is 0 Å². The highest BCUT2D eigenvalue weighted by Crippen LogP contribution is 2.20. The van der Waals surface area contributed by atoms with E-state index in [1.807, 2.05) is 31.2 Å². The van der Waals surface area contributed by atoms with E-state index in [4.69, 9.17) is 11.6 Å². The molecule has 9 heteroatoms. The molecule has 0 aliphatic heterocycles. The summed E-state index contributed by atoms with van der Waals surface area (Å²) in [6.45, 7) is 1.49. The predicted octanol–water partition coefficient (Wildman–Crippen LogP) is 4.75. The second-order valence-corrected chi connectivity index (χ2v) is 10.3. The molecule has 166 valence electrons. The zero-order chi connectivity index (χ0) is 23.1. The highest BCUT2D eigenvalue weighted by Gasteiger charge is 2.27. The van der Waals surface area contributed by atoms with Gasteiger partial charge in [-0.25, -0.2) is 13.8 Å². The number of halogens is 2. The summed E-state index contributed by atoms with van der Waals surface area (Å²) in [6.07, 6.45) is 1.49. The van der Waals surface area contributed by atoms with Gasteiger partial charge >= 0.3 is 0 Å². The minimum Gasteiger partial charge on any atom is -0.272 e. The van der Waals surface area contributed by atoms with Crippen molar-refractivity contribution in [2.75, 3.05) is 6.54 Å². The summed E-state index contributed by atoms with van der Waals surface area (Å²) in [4.78, 5) is 12.6. The molecule has 0 fully saturated rings. The molecule has 3 rings (SSSR count). The topological polar surface area (TPSA) is 78.8 Å². The van der Waals surface area contributed by atoms with Gasteiger partial charge in [-0.15, -0.1) is 0 Å². The summed E-state index contributed by atoms with van der Waals surface area (Å²) in [5, 5.41) is 4.47. The van der Waals surface area contributed by atoms with Crippen LogP contribution >= 0.6 is 27.5 Å². The SMILES string of the molecule is Cc1ccc(S(=O)(=O)N(CC(=O)N/N=C/c2ccc(Br)cc2)Cc2ccc(Cl)cc2)cc1. The number of nitrogens with zero attached hydrogens (tertiary/aromatic N) is 2. The number of carbonyl (C=O) groups is 1. The minimum absolute atomic E-state index is 0.0111. The van der Waals surface area contributed by atoms with E-state index in [-0.39, 0.29) is 11.4 Å². The quantitative estimate of drug-likeness (QED) is 0.335. The van der Waals surface area contributed by atoms with Crippen LogP contribution in [0.15, 0.2) is 87.3 Å². The van der Waals surface area contributed by atoms with E-state index in [1.165, 1.54) is 18.3 Å². The molecular formula is C23H21BrClN3O3S. The molecule has 0 saturated heterocycles. The van der Waals surface area contributed by atoms with Crippen LogP contribution in [0.25, 0.3) is 0 Å². The fourth-order valence-corrected chi connectivity index (χ4v) is 4.58. The first kappa shape index (κ1) is 24.1. The molecule has 1 N–H and O–H groups in total. The Labute approximate surface area is 201 Å². The fourth-order valence-electron chi connectivity index (χ4n) is 2.80. The van der Waals surface area contributed by atoms with Crippen LogP contribution in [0.1, 0.15) is 16.7 Å². The van der Waals surface area contributed by atoms with Crippen molar-refractivity contribution in [2.24, 2.45) is 5.10 Å². The summed E-state index contributed by atoms with van der Waals surface area (Å²) >= 11 is 9.29. The first-order valence-corrected chi connectivity index (χ1v) is 12.2.